The molecule has 2 heterocycles. The van der Waals surface area contributed by atoms with Gasteiger partial charge >= 0.3 is 0 Å². The molecule has 25 heavy (non-hydrogen) atoms. The second kappa shape index (κ2) is 8.01. The van der Waals surface area contributed by atoms with Gasteiger partial charge in [-0.15, -0.1) is 11.3 Å². The van der Waals surface area contributed by atoms with Crippen molar-refractivity contribution in [2.75, 3.05) is 32.1 Å². The van der Waals surface area contributed by atoms with Crippen molar-refractivity contribution in [1.82, 2.24) is 9.88 Å². The minimum absolute atomic E-state index is 0.0779. The van der Waals surface area contributed by atoms with Crippen molar-refractivity contribution in [2.24, 2.45) is 0 Å². The van der Waals surface area contributed by atoms with Crippen molar-refractivity contribution in [3.63, 3.8) is 0 Å². The average Bonchev–Trinajstić information content (AvgIpc) is 3.18. The highest BCUT2D eigenvalue weighted by Crippen LogP contribution is 2.34. The molecular weight excluding hydrogens is 397 g/mol. The van der Waals surface area contributed by atoms with E-state index in [-0.39, 0.29) is 5.91 Å². The number of rotatable bonds is 6. The molecule has 8 heteroatoms. The van der Waals surface area contributed by atoms with Gasteiger partial charge < -0.3 is 4.90 Å². The maximum absolute atomic E-state index is 13.0. The van der Waals surface area contributed by atoms with Crippen molar-refractivity contribution in [3.8, 4) is 0 Å². The number of benzene rings is 1. The fraction of sp³-hybridized carbons (Fsp3) is 0.294. The highest BCUT2D eigenvalue weighted by Gasteiger charge is 2.23. The molecule has 0 atom stereocenters. The highest BCUT2D eigenvalue weighted by molar-refractivity contribution is 7.22. The number of thiophene rings is 1. The second-order valence-corrected chi connectivity index (χ2v) is 8.93. The summed E-state index contributed by atoms with van der Waals surface area (Å²) in [6.45, 7) is 1.48. The number of aromatic nitrogens is 1. The standard InChI is InChI=1S/C17H17Cl2N3OS2/c1-21(2)9-4-10-22(16(23)13-7-8-14(19)24-13)17-20-15-11(18)5-3-6-12(15)25-17/h3,5-8H,4,9-10H2,1-2H3. The van der Waals surface area contributed by atoms with E-state index in [4.69, 9.17) is 23.2 Å². The molecule has 2 aromatic heterocycles. The molecule has 0 bridgehead atoms. The molecule has 0 saturated heterocycles. The van der Waals surface area contributed by atoms with Crippen LogP contribution < -0.4 is 4.90 Å². The van der Waals surface area contributed by atoms with Gasteiger partial charge in [0.1, 0.15) is 5.52 Å². The number of para-hydroxylation sites is 1. The van der Waals surface area contributed by atoms with Gasteiger partial charge in [-0.2, -0.15) is 0 Å². The molecule has 0 unspecified atom stereocenters. The van der Waals surface area contributed by atoms with E-state index in [0.717, 1.165) is 23.2 Å². The van der Waals surface area contributed by atoms with E-state index in [2.05, 4.69) is 9.88 Å². The maximum atomic E-state index is 13.0. The molecule has 0 N–H and O–H groups in total. The lowest BCUT2D eigenvalue weighted by molar-refractivity contribution is 0.0990. The van der Waals surface area contributed by atoms with Crippen molar-refractivity contribution in [2.45, 2.75) is 6.42 Å². The van der Waals surface area contributed by atoms with E-state index >= 15 is 0 Å². The van der Waals surface area contributed by atoms with Crippen LogP contribution in [0.15, 0.2) is 30.3 Å². The molecule has 0 aliphatic heterocycles. The van der Waals surface area contributed by atoms with E-state index in [1.54, 1.807) is 17.0 Å². The summed E-state index contributed by atoms with van der Waals surface area (Å²) in [6, 6.07) is 9.17. The van der Waals surface area contributed by atoms with Gasteiger partial charge in [0.2, 0.25) is 0 Å². The summed E-state index contributed by atoms with van der Waals surface area (Å²) in [4.78, 5) is 22.0. The third-order valence-electron chi connectivity index (χ3n) is 3.61. The number of amides is 1. The summed E-state index contributed by atoms with van der Waals surface area (Å²) in [6.07, 6.45) is 0.849. The molecule has 0 radical (unpaired) electrons. The van der Waals surface area contributed by atoms with Crippen LogP contribution in [0.3, 0.4) is 0 Å². The lowest BCUT2D eigenvalue weighted by Crippen LogP contribution is -2.32. The van der Waals surface area contributed by atoms with E-state index in [1.807, 2.05) is 32.3 Å². The number of anilines is 1. The van der Waals surface area contributed by atoms with Gasteiger partial charge in [-0.05, 0) is 51.3 Å². The summed E-state index contributed by atoms with van der Waals surface area (Å²) in [7, 11) is 4.03. The number of carbonyl (C=O) groups excluding carboxylic acids is 1. The van der Waals surface area contributed by atoms with E-state index in [9.17, 15) is 4.79 Å². The first-order valence-corrected chi connectivity index (χ1v) is 10.1. The molecule has 0 fully saturated rings. The van der Waals surface area contributed by atoms with Gasteiger partial charge in [-0.3, -0.25) is 9.69 Å². The van der Waals surface area contributed by atoms with Gasteiger partial charge in [0.05, 0.1) is 18.9 Å². The van der Waals surface area contributed by atoms with Gasteiger partial charge in [-0.1, -0.05) is 40.6 Å². The molecule has 1 aromatic carbocycles. The maximum Gasteiger partial charge on any atom is 0.270 e. The van der Waals surface area contributed by atoms with Crippen LogP contribution in [0.2, 0.25) is 9.36 Å². The number of hydrogen-bond acceptors (Lipinski definition) is 5. The molecule has 3 aromatic rings. The smallest absolute Gasteiger partial charge is 0.270 e. The molecule has 4 nitrogen and oxygen atoms in total. The summed E-state index contributed by atoms with van der Waals surface area (Å²) in [5.74, 6) is -0.0779. The topological polar surface area (TPSA) is 36.4 Å². The van der Waals surface area contributed by atoms with E-state index in [1.165, 1.54) is 22.7 Å². The van der Waals surface area contributed by atoms with Crippen molar-refractivity contribution < 1.29 is 4.79 Å². The molecule has 1 amide bonds. The quantitative estimate of drug-likeness (QED) is 0.552. The molecular formula is C17H17Cl2N3OS2. The number of hydrogen-bond donors (Lipinski definition) is 0. The summed E-state index contributed by atoms with van der Waals surface area (Å²) in [5, 5.41) is 1.26. The summed E-state index contributed by atoms with van der Waals surface area (Å²) >= 11 is 15.0. The predicted octanol–water partition coefficient (Wildman–Crippen LogP) is 5.26. The largest absolute Gasteiger partial charge is 0.309 e. The van der Waals surface area contributed by atoms with E-state index < -0.39 is 0 Å². The number of fused-ring (bicyclic) bond motifs is 1. The molecule has 0 aliphatic carbocycles. The van der Waals surface area contributed by atoms with Crippen LogP contribution in [0.4, 0.5) is 5.13 Å². The summed E-state index contributed by atoms with van der Waals surface area (Å²) in [5.41, 5.74) is 0.735. The van der Waals surface area contributed by atoms with Gasteiger partial charge in [0.15, 0.2) is 5.13 Å². The molecule has 132 valence electrons. The van der Waals surface area contributed by atoms with Crippen molar-refractivity contribution >= 4 is 67.1 Å². The number of nitrogens with zero attached hydrogens (tertiary/aromatic N) is 3. The predicted molar refractivity (Wildman–Crippen MR) is 109 cm³/mol. The van der Waals surface area contributed by atoms with Gasteiger partial charge in [0.25, 0.3) is 5.91 Å². The Bertz CT molecular complexity index is 891. The van der Waals surface area contributed by atoms with Crippen molar-refractivity contribution in [1.29, 1.82) is 0 Å². The van der Waals surface area contributed by atoms with Gasteiger partial charge in [-0.25, -0.2) is 4.98 Å². The van der Waals surface area contributed by atoms with Crippen LogP contribution in [-0.2, 0) is 0 Å². The monoisotopic (exact) mass is 413 g/mol. The lowest BCUT2D eigenvalue weighted by Gasteiger charge is -2.20. The fourth-order valence-corrected chi connectivity index (χ4v) is 4.69. The van der Waals surface area contributed by atoms with Crippen molar-refractivity contribution in [3.05, 3.63) is 44.6 Å². The van der Waals surface area contributed by atoms with Crippen LogP contribution in [-0.4, -0.2) is 43.0 Å². The molecule has 0 spiro atoms. The minimum atomic E-state index is -0.0779. The molecule has 3 rings (SSSR count). The Balaban J connectivity index is 1.93. The van der Waals surface area contributed by atoms with Gasteiger partial charge in [0, 0.05) is 6.54 Å². The third-order valence-corrected chi connectivity index (χ3v) is 6.17. The third kappa shape index (κ3) is 4.33. The zero-order valence-electron chi connectivity index (χ0n) is 13.8. The number of thiazole rings is 1. The van der Waals surface area contributed by atoms with Crippen LogP contribution in [0, 0.1) is 0 Å². The Morgan fingerprint density at radius 2 is 1.92 bits per heavy atom. The highest BCUT2D eigenvalue weighted by atomic mass is 35.5. The first kappa shape index (κ1) is 18.6. The number of carbonyl (C=O) groups is 1. The van der Waals surface area contributed by atoms with Crippen LogP contribution >= 0.6 is 45.9 Å². The molecule has 0 aliphatic rings. The Morgan fingerprint density at radius 3 is 2.56 bits per heavy atom. The fourth-order valence-electron chi connectivity index (χ4n) is 2.41. The summed E-state index contributed by atoms with van der Waals surface area (Å²) < 4.78 is 1.57. The van der Waals surface area contributed by atoms with Crippen LogP contribution in [0.1, 0.15) is 16.1 Å². The Morgan fingerprint density at radius 1 is 1.12 bits per heavy atom. The zero-order valence-corrected chi connectivity index (χ0v) is 17.0. The first-order chi connectivity index (χ1) is 12.0. The Hall–Kier alpha value is -1.18. The first-order valence-electron chi connectivity index (χ1n) is 7.72. The minimum Gasteiger partial charge on any atom is -0.309 e. The normalized spacial score (nSPS) is 11.4. The second-order valence-electron chi connectivity index (χ2n) is 5.80. The molecule has 0 saturated carbocycles. The zero-order chi connectivity index (χ0) is 18.0. The lowest BCUT2D eigenvalue weighted by atomic mass is 10.3. The SMILES string of the molecule is CN(C)CCCN(C(=O)c1ccc(Cl)s1)c1nc2c(Cl)cccc2s1. The van der Waals surface area contributed by atoms with Crippen LogP contribution in [0.5, 0.6) is 0 Å². The average molecular weight is 414 g/mol. The van der Waals surface area contributed by atoms with E-state index in [0.29, 0.717) is 25.9 Å². The Kier molecular flexibility index (Phi) is 5.96. The van der Waals surface area contributed by atoms with Crippen LogP contribution in [0.25, 0.3) is 10.2 Å². The Labute approximate surface area is 164 Å². The number of halogens is 2.